The quantitative estimate of drug-likeness (QED) is 0.215. The summed E-state index contributed by atoms with van der Waals surface area (Å²) in [6.07, 6.45) is 3.52. The Hall–Kier alpha value is -4.35. The zero-order valence-electron chi connectivity index (χ0n) is 20.6. The topological polar surface area (TPSA) is 54.5 Å². The highest BCUT2D eigenvalue weighted by Gasteiger charge is 2.71. The Morgan fingerprint density at radius 2 is 1.46 bits per heavy atom. The maximum absolute atomic E-state index is 14.6. The second kappa shape index (κ2) is 8.58. The molecule has 0 radical (unpaired) electrons. The smallest absolute Gasteiger partial charge is 0.187 e. The molecule has 1 fully saturated rings. The van der Waals surface area contributed by atoms with Gasteiger partial charge in [0.05, 0.1) is 11.1 Å². The van der Waals surface area contributed by atoms with Crippen LogP contribution in [0.2, 0.25) is 5.02 Å². The van der Waals surface area contributed by atoms with E-state index in [1.807, 2.05) is 35.2 Å². The van der Waals surface area contributed by atoms with Gasteiger partial charge in [0.2, 0.25) is 0 Å². The molecule has 3 aliphatic rings. The highest BCUT2D eigenvalue weighted by atomic mass is 35.5. The molecule has 0 aromatic heterocycles. The van der Waals surface area contributed by atoms with Crippen LogP contribution < -0.4 is 4.90 Å². The van der Waals surface area contributed by atoms with Crippen molar-refractivity contribution in [3.05, 3.63) is 142 Å². The SMILES string of the molecule is O=C(c1ccccc1Cl)[C@@H]1[C@@H](c2ccccc2)C2(C(=O)c3ccccc3C2=O)[C@@H]2C=Cc3cc(F)ccc3N12. The van der Waals surface area contributed by atoms with Gasteiger partial charge in [-0.15, -0.1) is 0 Å². The number of nitrogens with zero attached hydrogens (tertiary/aromatic N) is 1. The van der Waals surface area contributed by atoms with Crippen LogP contribution in [0.15, 0.2) is 103 Å². The van der Waals surface area contributed by atoms with Gasteiger partial charge >= 0.3 is 0 Å². The van der Waals surface area contributed by atoms with Crippen molar-refractivity contribution in [2.45, 2.75) is 18.0 Å². The van der Waals surface area contributed by atoms with E-state index >= 15 is 0 Å². The molecule has 7 rings (SSSR count). The van der Waals surface area contributed by atoms with Gasteiger partial charge in [0.25, 0.3) is 0 Å². The third kappa shape index (κ3) is 3.14. The number of ketones is 3. The second-order valence-electron chi connectivity index (χ2n) is 10.2. The molecular weight excluding hydrogens is 513 g/mol. The number of benzene rings is 4. The molecule has 0 saturated carbocycles. The summed E-state index contributed by atoms with van der Waals surface area (Å²) in [6.45, 7) is 0. The largest absolute Gasteiger partial charge is 0.352 e. The van der Waals surface area contributed by atoms with Crippen LogP contribution in [-0.4, -0.2) is 29.4 Å². The van der Waals surface area contributed by atoms with Crippen LogP contribution in [0.4, 0.5) is 10.1 Å². The van der Waals surface area contributed by atoms with E-state index in [-0.39, 0.29) is 22.4 Å². The van der Waals surface area contributed by atoms with Gasteiger partial charge in [0.1, 0.15) is 17.3 Å². The van der Waals surface area contributed by atoms with Crippen LogP contribution in [0, 0.1) is 11.2 Å². The summed E-state index contributed by atoms with van der Waals surface area (Å²) in [6, 6.07) is 25.5. The van der Waals surface area contributed by atoms with Crippen molar-refractivity contribution in [3.63, 3.8) is 0 Å². The Balaban J connectivity index is 1.56. The molecule has 1 aliphatic carbocycles. The summed E-state index contributed by atoms with van der Waals surface area (Å²) in [5.74, 6) is -2.17. The predicted octanol–water partition coefficient (Wildman–Crippen LogP) is 6.80. The first-order chi connectivity index (χ1) is 18.9. The van der Waals surface area contributed by atoms with Crippen LogP contribution in [0.1, 0.15) is 48.1 Å². The minimum absolute atomic E-state index is 0.283. The average molecular weight is 534 g/mol. The molecule has 1 spiro atoms. The van der Waals surface area contributed by atoms with E-state index in [1.165, 1.54) is 12.1 Å². The Labute approximate surface area is 229 Å². The molecule has 4 aromatic rings. The minimum atomic E-state index is -1.60. The van der Waals surface area contributed by atoms with Crippen molar-refractivity contribution in [1.29, 1.82) is 0 Å². The number of carbonyl (C=O) groups is 3. The van der Waals surface area contributed by atoms with Crippen molar-refractivity contribution < 1.29 is 18.8 Å². The van der Waals surface area contributed by atoms with Gasteiger partial charge in [-0.25, -0.2) is 4.39 Å². The van der Waals surface area contributed by atoms with Gasteiger partial charge in [-0.3, -0.25) is 14.4 Å². The maximum Gasteiger partial charge on any atom is 0.187 e. The molecule has 2 aliphatic heterocycles. The molecule has 190 valence electrons. The number of halogens is 2. The molecule has 0 unspecified atom stereocenters. The molecule has 0 N–H and O–H groups in total. The van der Waals surface area contributed by atoms with Crippen LogP contribution in [0.25, 0.3) is 6.08 Å². The van der Waals surface area contributed by atoms with E-state index in [4.69, 9.17) is 11.6 Å². The van der Waals surface area contributed by atoms with E-state index in [9.17, 15) is 18.8 Å². The summed E-state index contributed by atoms with van der Waals surface area (Å²) >= 11 is 6.53. The summed E-state index contributed by atoms with van der Waals surface area (Å²) in [4.78, 5) is 45.5. The third-order valence-electron chi connectivity index (χ3n) is 8.33. The Kier molecular flexibility index (Phi) is 5.23. The van der Waals surface area contributed by atoms with Crippen LogP contribution in [0.3, 0.4) is 0 Å². The second-order valence-corrected chi connectivity index (χ2v) is 10.6. The number of carbonyl (C=O) groups excluding carboxylic acids is 3. The zero-order valence-corrected chi connectivity index (χ0v) is 21.3. The standard InChI is InChI=1S/C33H21ClFNO3/c34-25-13-7-6-12-24(25)30(37)29-28(19-8-2-1-3-9-19)33(31(38)22-10-4-5-11-23(22)32(33)39)27-17-14-20-18-21(35)15-16-26(20)36(27)29/h1-18,27-29H/t27-,28+,29-/m0/s1. The molecule has 3 atom stereocenters. The maximum atomic E-state index is 14.6. The number of hydrogen-bond acceptors (Lipinski definition) is 4. The summed E-state index contributed by atoms with van der Waals surface area (Å²) < 4.78 is 14.3. The summed E-state index contributed by atoms with van der Waals surface area (Å²) in [5, 5.41) is 0.283. The molecule has 0 amide bonds. The summed E-state index contributed by atoms with van der Waals surface area (Å²) in [7, 11) is 0. The molecule has 0 bridgehead atoms. The van der Waals surface area contributed by atoms with E-state index in [0.29, 0.717) is 33.5 Å². The van der Waals surface area contributed by atoms with Crippen molar-refractivity contribution in [2.75, 3.05) is 4.90 Å². The predicted molar refractivity (Wildman–Crippen MR) is 148 cm³/mol. The van der Waals surface area contributed by atoms with Gasteiger partial charge in [-0.05, 0) is 35.9 Å². The molecule has 39 heavy (non-hydrogen) atoms. The van der Waals surface area contributed by atoms with Crippen LogP contribution in [0.5, 0.6) is 0 Å². The normalized spacial score (nSPS) is 22.1. The molecule has 4 nitrogen and oxygen atoms in total. The lowest BCUT2D eigenvalue weighted by atomic mass is 9.64. The highest BCUT2D eigenvalue weighted by molar-refractivity contribution is 6.35. The van der Waals surface area contributed by atoms with E-state index < -0.39 is 29.2 Å². The van der Waals surface area contributed by atoms with Crippen molar-refractivity contribution >= 4 is 40.7 Å². The first-order valence-corrected chi connectivity index (χ1v) is 13.1. The van der Waals surface area contributed by atoms with Crippen LogP contribution >= 0.6 is 11.6 Å². The first kappa shape index (κ1) is 23.7. The fraction of sp³-hybridized carbons (Fsp3) is 0.121. The van der Waals surface area contributed by atoms with E-state index in [2.05, 4.69) is 0 Å². The van der Waals surface area contributed by atoms with Crippen molar-refractivity contribution in [1.82, 2.24) is 0 Å². The third-order valence-corrected chi connectivity index (χ3v) is 8.66. The number of fused-ring (bicyclic) bond motifs is 5. The number of rotatable bonds is 3. The number of Topliss-reactive ketones (excluding diaryl/α,β-unsaturated/α-hetero) is 3. The molecule has 4 aromatic carbocycles. The molecule has 6 heteroatoms. The molecular formula is C33H21ClFNO3. The lowest BCUT2D eigenvalue weighted by Crippen LogP contribution is -2.48. The number of anilines is 1. The number of hydrogen-bond donors (Lipinski definition) is 0. The average Bonchev–Trinajstić information content (AvgIpc) is 3.39. The fourth-order valence-electron chi connectivity index (χ4n) is 6.80. The van der Waals surface area contributed by atoms with Gasteiger partial charge < -0.3 is 4.90 Å². The highest BCUT2D eigenvalue weighted by Crippen LogP contribution is 2.61. The Morgan fingerprint density at radius 1 is 0.821 bits per heavy atom. The zero-order chi connectivity index (χ0) is 26.9. The fourth-order valence-corrected chi connectivity index (χ4v) is 7.03. The van der Waals surface area contributed by atoms with Crippen LogP contribution in [-0.2, 0) is 0 Å². The van der Waals surface area contributed by atoms with Gasteiger partial charge in [0, 0.05) is 33.9 Å². The van der Waals surface area contributed by atoms with E-state index in [0.717, 1.165) is 0 Å². The van der Waals surface area contributed by atoms with Gasteiger partial charge in [-0.2, -0.15) is 0 Å². The van der Waals surface area contributed by atoms with Crippen molar-refractivity contribution in [3.8, 4) is 0 Å². The van der Waals surface area contributed by atoms with E-state index in [1.54, 1.807) is 66.7 Å². The Bertz CT molecular complexity index is 1700. The molecule has 2 heterocycles. The minimum Gasteiger partial charge on any atom is -0.352 e. The lowest BCUT2D eigenvalue weighted by Gasteiger charge is -2.37. The lowest BCUT2D eigenvalue weighted by molar-refractivity contribution is 0.0666. The first-order valence-electron chi connectivity index (χ1n) is 12.7. The van der Waals surface area contributed by atoms with Crippen molar-refractivity contribution in [2.24, 2.45) is 5.41 Å². The monoisotopic (exact) mass is 533 g/mol. The van der Waals surface area contributed by atoms with Gasteiger partial charge in [0.15, 0.2) is 17.3 Å². The molecule has 1 saturated heterocycles. The Morgan fingerprint density at radius 3 is 2.15 bits per heavy atom. The summed E-state index contributed by atoms with van der Waals surface area (Å²) in [5.41, 5.74) is 1.26. The van der Waals surface area contributed by atoms with Gasteiger partial charge in [-0.1, -0.05) is 90.5 Å².